The van der Waals surface area contributed by atoms with Gasteiger partial charge in [0.05, 0.1) is 19.5 Å². The molecule has 0 atom stereocenters. The first kappa shape index (κ1) is 21.2. The Labute approximate surface area is 165 Å². The van der Waals surface area contributed by atoms with Crippen LogP contribution in [0.3, 0.4) is 0 Å². The molecule has 0 saturated heterocycles. The summed E-state index contributed by atoms with van der Waals surface area (Å²) in [6.45, 7) is 4.68. The third-order valence-corrected chi connectivity index (χ3v) is 3.71. The molecule has 3 N–H and O–H groups in total. The van der Waals surface area contributed by atoms with Crippen LogP contribution in [0.1, 0.15) is 12.5 Å². The first-order valence-corrected chi connectivity index (χ1v) is 9.38. The molecule has 0 aliphatic heterocycles. The zero-order valence-corrected chi connectivity index (χ0v) is 16.1. The van der Waals surface area contributed by atoms with E-state index in [0.717, 1.165) is 12.3 Å². The topological polar surface area (TPSA) is 74.8 Å². The Morgan fingerprint density at radius 2 is 1.86 bits per heavy atom. The SMILES string of the molecule is CCNC(=NCCNC(=O)Cc1cccc(F)c1)NCCOc1ccccc1. The summed E-state index contributed by atoms with van der Waals surface area (Å²) in [6.07, 6.45) is 0.149. The Kier molecular flexibility index (Phi) is 9.34. The van der Waals surface area contributed by atoms with Gasteiger partial charge >= 0.3 is 0 Å². The second-order valence-electron chi connectivity index (χ2n) is 6.01. The van der Waals surface area contributed by atoms with E-state index in [1.165, 1.54) is 12.1 Å². The maximum atomic E-state index is 13.1. The van der Waals surface area contributed by atoms with E-state index in [4.69, 9.17) is 4.74 Å². The number of hydrogen-bond donors (Lipinski definition) is 3. The van der Waals surface area contributed by atoms with Crippen molar-refractivity contribution in [3.63, 3.8) is 0 Å². The van der Waals surface area contributed by atoms with Gasteiger partial charge in [0.15, 0.2) is 5.96 Å². The number of benzene rings is 2. The molecule has 0 radical (unpaired) electrons. The Hall–Kier alpha value is -3.09. The quantitative estimate of drug-likeness (QED) is 0.332. The lowest BCUT2D eigenvalue weighted by Crippen LogP contribution is -2.40. The van der Waals surface area contributed by atoms with Gasteiger partial charge in [-0.1, -0.05) is 30.3 Å². The Morgan fingerprint density at radius 3 is 2.61 bits per heavy atom. The highest BCUT2D eigenvalue weighted by molar-refractivity contribution is 5.80. The summed E-state index contributed by atoms with van der Waals surface area (Å²) in [4.78, 5) is 16.3. The molecular weight excluding hydrogens is 359 g/mol. The second kappa shape index (κ2) is 12.3. The van der Waals surface area contributed by atoms with Gasteiger partial charge < -0.3 is 20.7 Å². The average molecular weight is 386 g/mol. The number of hydrogen-bond acceptors (Lipinski definition) is 3. The standard InChI is InChI=1S/C21H27FN4O2/c1-2-23-21(26-13-14-28-19-9-4-3-5-10-19)25-12-11-24-20(27)16-17-7-6-8-18(22)15-17/h3-10,15H,2,11-14,16H2,1H3,(H,24,27)(H2,23,25,26). The Morgan fingerprint density at radius 1 is 1.04 bits per heavy atom. The maximum absolute atomic E-state index is 13.1. The van der Waals surface area contributed by atoms with Crippen molar-refractivity contribution >= 4 is 11.9 Å². The maximum Gasteiger partial charge on any atom is 0.224 e. The number of guanidine groups is 1. The molecule has 0 aliphatic rings. The highest BCUT2D eigenvalue weighted by atomic mass is 19.1. The van der Waals surface area contributed by atoms with Crippen LogP contribution in [0.15, 0.2) is 59.6 Å². The molecule has 0 fully saturated rings. The van der Waals surface area contributed by atoms with E-state index in [1.807, 2.05) is 37.3 Å². The molecule has 2 aromatic carbocycles. The Balaban J connectivity index is 1.66. The minimum absolute atomic E-state index is 0.149. The number of nitrogens with one attached hydrogen (secondary N) is 3. The van der Waals surface area contributed by atoms with E-state index >= 15 is 0 Å². The number of nitrogens with zero attached hydrogens (tertiary/aromatic N) is 1. The van der Waals surface area contributed by atoms with E-state index in [9.17, 15) is 9.18 Å². The molecule has 0 heterocycles. The fourth-order valence-corrected chi connectivity index (χ4v) is 2.45. The van der Waals surface area contributed by atoms with Crippen molar-refractivity contribution in [3.05, 3.63) is 66.0 Å². The van der Waals surface area contributed by atoms with Crippen molar-refractivity contribution in [1.82, 2.24) is 16.0 Å². The monoisotopic (exact) mass is 386 g/mol. The van der Waals surface area contributed by atoms with E-state index < -0.39 is 0 Å². The number of carbonyl (C=O) groups excluding carboxylic acids is 1. The van der Waals surface area contributed by atoms with Crippen LogP contribution < -0.4 is 20.7 Å². The van der Waals surface area contributed by atoms with Crippen molar-refractivity contribution in [2.75, 3.05) is 32.8 Å². The summed E-state index contributed by atoms with van der Waals surface area (Å²) in [5, 5.41) is 9.12. The average Bonchev–Trinajstić information content (AvgIpc) is 2.69. The molecule has 0 spiro atoms. The predicted octanol–water partition coefficient (Wildman–Crippen LogP) is 2.12. The third-order valence-electron chi connectivity index (χ3n) is 3.71. The predicted molar refractivity (Wildman–Crippen MR) is 109 cm³/mol. The summed E-state index contributed by atoms with van der Waals surface area (Å²) in [5.41, 5.74) is 0.648. The van der Waals surface area contributed by atoms with Crippen LogP contribution in [-0.2, 0) is 11.2 Å². The minimum Gasteiger partial charge on any atom is -0.492 e. The number of amides is 1. The number of carbonyl (C=O) groups is 1. The van der Waals surface area contributed by atoms with Gasteiger partial charge in [-0.25, -0.2) is 4.39 Å². The van der Waals surface area contributed by atoms with Crippen molar-refractivity contribution in [3.8, 4) is 5.75 Å². The summed E-state index contributed by atoms with van der Waals surface area (Å²) in [6, 6.07) is 15.7. The lowest BCUT2D eigenvalue weighted by molar-refractivity contribution is -0.120. The van der Waals surface area contributed by atoms with Gasteiger partial charge in [0.1, 0.15) is 18.2 Å². The molecule has 28 heavy (non-hydrogen) atoms. The van der Waals surface area contributed by atoms with Gasteiger partial charge in [0.2, 0.25) is 5.91 Å². The van der Waals surface area contributed by atoms with E-state index in [0.29, 0.717) is 37.8 Å². The molecule has 0 unspecified atom stereocenters. The van der Waals surface area contributed by atoms with Crippen LogP contribution >= 0.6 is 0 Å². The summed E-state index contributed by atoms with van der Waals surface area (Å²) >= 11 is 0. The normalized spacial score (nSPS) is 11.0. The zero-order valence-electron chi connectivity index (χ0n) is 16.1. The first-order valence-electron chi connectivity index (χ1n) is 9.38. The number of halogens is 1. The zero-order chi connectivity index (χ0) is 20.0. The molecule has 0 aromatic heterocycles. The number of ether oxygens (including phenoxy) is 1. The first-order chi connectivity index (χ1) is 13.7. The second-order valence-corrected chi connectivity index (χ2v) is 6.01. The van der Waals surface area contributed by atoms with Crippen LogP contribution in [0.2, 0.25) is 0 Å². The van der Waals surface area contributed by atoms with Gasteiger partial charge in [0, 0.05) is 13.1 Å². The van der Waals surface area contributed by atoms with Crippen molar-refractivity contribution in [1.29, 1.82) is 0 Å². The van der Waals surface area contributed by atoms with Crippen LogP contribution in [0.5, 0.6) is 5.75 Å². The molecule has 150 valence electrons. The molecule has 2 aromatic rings. The molecule has 0 bridgehead atoms. The van der Waals surface area contributed by atoms with Crippen molar-refractivity contribution in [2.45, 2.75) is 13.3 Å². The highest BCUT2D eigenvalue weighted by Crippen LogP contribution is 2.07. The number of rotatable bonds is 10. The summed E-state index contributed by atoms with van der Waals surface area (Å²) in [7, 11) is 0. The molecule has 7 heteroatoms. The molecule has 1 amide bonds. The fourth-order valence-electron chi connectivity index (χ4n) is 2.45. The number of para-hydroxylation sites is 1. The third kappa shape index (κ3) is 8.53. The van der Waals surface area contributed by atoms with E-state index in [-0.39, 0.29) is 18.1 Å². The van der Waals surface area contributed by atoms with Gasteiger partial charge in [-0.05, 0) is 36.8 Å². The van der Waals surface area contributed by atoms with Crippen LogP contribution in [0.25, 0.3) is 0 Å². The highest BCUT2D eigenvalue weighted by Gasteiger charge is 2.04. The van der Waals surface area contributed by atoms with Gasteiger partial charge in [0.25, 0.3) is 0 Å². The van der Waals surface area contributed by atoms with Gasteiger partial charge in [-0.15, -0.1) is 0 Å². The van der Waals surface area contributed by atoms with E-state index in [2.05, 4.69) is 20.9 Å². The smallest absolute Gasteiger partial charge is 0.224 e. The largest absolute Gasteiger partial charge is 0.492 e. The fraction of sp³-hybridized carbons (Fsp3) is 0.333. The van der Waals surface area contributed by atoms with E-state index in [1.54, 1.807) is 12.1 Å². The number of aliphatic imine (C=N–C) groups is 1. The van der Waals surface area contributed by atoms with Crippen LogP contribution in [0.4, 0.5) is 4.39 Å². The van der Waals surface area contributed by atoms with Crippen molar-refractivity contribution < 1.29 is 13.9 Å². The molecule has 0 aliphatic carbocycles. The lowest BCUT2D eigenvalue weighted by atomic mass is 10.1. The van der Waals surface area contributed by atoms with Crippen LogP contribution in [0, 0.1) is 5.82 Å². The molecular formula is C21H27FN4O2. The van der Waals surface area contributed by atoms with Gasteiger partial charge in [-0.3, -0.25) is 9.79 Å². The molecule has 2 rings (SSSR count). The van der Waals surface area contributed by atoms with Gasteiger partial charge in [-0.2, -0.15) is 0 Å². The van der Waals surface area contributed by atoms with Crippen molar-refractivity contribution in [2.24, 2.45) is 4.99 Å². The molecule has 0 saturated carbocycles. The lowest BCUT2D eigenvalue weighted by Gasteiger charge is -2.12. The summed E-state index contributed by atoms with van der Waals surface area (Å²) in [5.74, 6) is 0.994. The Bertz CT molecular complexity index is 753. The minimum atomic E-state index is -0.340. The van der Waals surface area contributed by atoms with Crippen LogP contribution in [-0.4, -0.2) is 44.7 Å². The molecule has 6 nitrogen and oxygen atoms in total. The summed E-state index contributed by atoms with van der Waals surface area (Å²) < 4.78 is 18.8.